The number of hydrogen-bond acceptors (Lipinski definition) is 8. The quantitative estimate of drug-likeness (QED) is 0.383. The van der Waals surface area contributed by atoms with Gasteiger partial charge < -0.3 is 28.6 Å². The van der Waals surface area contributed by atoms with Crippen LogP contribution >= 0.6 is 0 Å². The Morgan fingerprint density at radius 3 is 2.09 bits per heavy atom. The molecule has 1 amide bonds. The molecule has 6 rings (SSSR count). The van der Waals surface area contributed by atoms with Gasteiger partial charge in [0.2, 0.25) is 5.91 Å². The Balaban J connectivity index is 1.58. The molecule has 3 aromatic rings. The van der Waals surface area contributed by atoms with Gasteiger partial charge >= 0.3 is 0 Å². The van der Waals surface area contributed by atoms with Crippen LogP contribution in [-0.4, -0.2) is 69.1 Å². The molecule has 1 fully saturated rings. The number of hydrogen-bond donors (Lipinski definition) is 0. The fourth-order valence-corrected chi connectivity index (χ4v) is 7.48. The van der Waals surface area contributed by atoms with Gasteiger partial charge in [-0.2, -0.15) is 0 Å². The third-order valence-corrected chi connectivity index (χ3v) is 9.34. The van der Waals surface area contributed by atoms with E-state index in [0.29, 0.717) is 58.5 Å². The standard InChI is InChI=1S/C34H38N2O7/c1-17-14-21-15-22-34(38)36-19(3)23-25(30(40-6)18(2)31(41-7)32(23)42-8)28(37)27(36)26(35(22)4)24(21)33(29(17)39-5)43-16-20-12-10-9-11-13-20/h9-14,19,22,26-27H,15-16H2,1-8H3/t19-,22-,26+,27-/m0/s1. The minimum Gasteiger partial charge on any atom is -0.496 e. The number of aryl methyl sites for hydroxylation is 1. The number of carbonyl (C=O) groups is 2. The summed E-state index contributed by atoms with van der Waals surface area (Å²) < 4.78 is 29.9. The second-order valence-corrected chi connectivity index (χ2v) is 11.5. The van der Waals surface area contributed by atoms with Crippen LogP contribution in [0.3, 0.4) is 0 Å². The van der Waals surface area contributed by atoms with Gasteiger partial charge in [0, 0.05) is 16.7 Å². The van der Waals surface area contributed by atoms with Crippen molar-refractivity contribution in [2.24, 2.45) is 0 Å². The van der Waals surface area contributed by atoms with E-state index in [9.17, 15) is 9.59 Å². The highest BCUT2D eigenvalue weighted by atomic mass is 16.5. The molecule has 3 aliphatic rings. The van der Waals surface area contributed by atoms with E-state index < -0.39 is 24.2 Å². The van der Waals surface area contributed by atoms with Crippen molar-refractivity contribution in [3.63, 3.8) is 0 Å². The van der Waals surface area contributed by atoms with Crippen molar-refractivity contribution in [1.29, 1.82) is 0 Å². The first-order valence-electron chi connectivity index (χ1n) is 14.5. The van der Waals surface area contributed by atoms with Crippen LogP contribution in [0, 0.1) is 13.8 Å². The number of ether oxygens (including phenoxy) is 5. The third kappa shape index (κ3) is 4.08. The summed E-state index contributed by atoms with van der Waals surface area (Å²) in [5.74, 6) is 2.28. The van der Waals surface area contributed by atoms with Crippen molar-refractivity contribution in [3.05, 3.63) is 75.3 Å². The van der Waals surface area contributed by atoms with Crippen molar-refractivity contribution < 1.29 is 33.3 Å². The topological polar surface area (TPSA) is 86.8 Å². The molecule has 0 saturated carbocycles. The fourth-order valence-electron chi connectivity index (χ4n) is 7.48. The summed E-state index contributed by atoms with van der Waals surface area (Å²) in [7, 11) is 8.21. The molecule has 9 nitrogen and oxygen atoms in total. The largest absolute Gasteiger partial charge is 0.496 e. The first-order valence-corrected chi connectivity index (χ1v) is 14.5. The van der Waals surface area contributed by atoms with Crippen LogP contribution in [0.5, 0.6) is 28.7 Å². The molecule has 0 N–H and O–H groups in total. The molecule has 0 aromatic heterocycles. The summed E-state index contributed by atoms with van der Waals surface area (Å²) in [6.07, 6.45) is 0.488. The predicted molar refractivity (Wildman–Crippen MR) is 161 cm³/mol. The molecule has 0 radical (unpaired) electrons. The van der Waals surface area contributed by atoms with Crippen LogP contribution < -0.4 is 23.7 Å². The van der Waals surface area contributed by atoms with Gasteiger partial charge in [0.15, 0.2) is 28.8 Å². The number of rotatable bonds is 7. The summed E-state index contributed by atoms with van der Waals surface area (Å²) in [6.45, 7) is 6.10. The zero-order valence-electron chi connectivity index (χ0n) is 25.9. The zero-order valence-corrected chi connectivity index (χ0v) is 25.9. The molecule has 2 bridgehead atoms. The average Bonchev–Trinajstić information content (AvgIpc) is 3.00. The SMILES string of the molecule is COc1c(C)cc2c(c1OCc1ccccc1)[C@@H]1[C@H]3C(=O)c4c(OC)c(C)c(OC)c(OC)c4[C@H](C)N3C(=O)[C@H](C2)N1C. The number of amides is 1. The van der Waals surface area contributed by atoms with Gasteiger partial charge in [-0.15, -0.1) is 0 Å². The van der Waals surface area contributed by atoms with E-state index in [-0.39, 0.29) is 11.7 Å². The van der Waals surface area contributed by atoms with Crippen LogP contribution in [-0.2, 0) is 17.8 Å². The molecule has 1 saturated heterocycles. The highest BCUT2D eigenvalue weighted by molar-refractivity contribution is 6.10. The fraction of sp³-hybridized carbons (Fsp3) is 0.412. The number of piperazine rings is 1. The van der Waals surface area contributed by atoms with E-state index in [4.69, 9.17) is 23.7 Å². The normalized spacial score (nSPS) is 22.4. The number of benzene rings is 3. The maximum atomic E-state index is 14.8. The van der Waals surface area contributed by atoms with Crippen LogP contribution in [0.1, 0.15) is 62.7 Å². The smallest absolute Gasteiger partial charge is 0.241 e. The summed E-state index contributed by atoms with van der Waals surface area (Å²) in [5.41, 5.74) is 5.48. The van der Waals surface area contributed by atoms with Crippen molar-refractivity contribution in [2.75, 3.05) is 35.5 Å². The molecule has 3 aliphatic heterocycles. The third-order valence-electron chi connectivity index (χ3n) is 9.34. The van der Waals surface area contributed by atoms with Gasteiger partial charge in [-0.3, -0.25) is 14.5 Å². The van der Waals surface area contributed by atoms with Gasteiger partial charge in [0.05, 0.1) is 52.1 Å². The lowest BCUT2D eigenvalue weighted by Crippen LogP contribution is -2.68. The van der Waals surface area contributed by atoms with E-state index in [1.54, 1.807) is 33.3 Å². The molecule has 0 aliphatic carbocycles. The van der Waals surface area contributed by atoms with Crippen LogP contribution in [0.4, 0.5) is 0 Å². The number of fused-ring (bicyclic) bond motifs is 7. The van der Waals surface area contributed by atoms with Gasteiger partial charge in [0.1, 0.15) is 18.4 Å². The minimum absolute atomic E-state index is 0.0957. The molecule has 0 spiro atoms. The second kappa shape index (κ2) is 10.8. The summed E-state index contributed by atoms with van der Waals surface area (Å²) >= 11 is 0. The summed E-state index contributed by atoms with van der Waals surface area (Å²) in [5, 5.41) is 0. The zero-order chi connectivity index (χ0) is 30.7. The van der Waals surface area contributed by atoms with Gasteiger partial charge in [-0.25, -0.2) is 0 Å². The second-order valence-electron chi connectivity index (χ2n) is 11.5. The Morgan fingerprint density at radius 1 is 0.814 bits per heavy atom. The maximum absolute atomic E-state index is 14.8. The average molecular weight is 587 g/mol. The lowest BCUT2D eigenvalue weighted by molar-refractivity contribution is -0.153. The first-order chi connectivity index (χ1) is 20.7. The van der Waals surface area contributed by atoms with E-state index in [2.05, 4.69) is 6.07 Å². The van der Waals surface area contributed by atoms with Gasteiger partial charge in [-0.1, -0.05) is 36.4 Å². The Hall–Kier alpha value is -4.24. The number of carbonyl (C=O) groups excluding carboxylic acids is 2. The Morgan fingerprint density at radius 2 is 1.47 bits per heavy atom. The minimum atomic E-state index is -0.826. The number of likely N-dealkylation sites (N-methyl/N-ethyl adjacent to an activating group) is 1. The van der Waals surface area contributed by atoms with Crippen LogP contribution in [0.25, 0.3) is 0 Å². The number of methoxy groups -OCH3 is 4. The monoisotopic (exact) mass is 586 g/mol. The molecular weight excluding hydrogens is 548 g/mol. The lowest BCUT2D eigenvalue weighted by Gasteiger charge is -2.56. The summed E-state index contributed by atoms with van der Waals surface area (Å²) in [6, 6.07) is 9.78. The van der Waals surface area contributed by atoms with E-state index in [0.717, 1.165) is 22.3 Å². The molecular formula is C34H38N2O7. The van der Waals surface area contributed by atoms with E-state index in [1.165, 1.54) is 0 Å². The highest BCUT2D eigenvalue weighted by Gasteiger charge is 2.58. The molecule has 4 atom stereocenters. The van der Waals surface area contributed by atoms with Gasteiger partial charge in [-0.05, 0) is 50.9 Å². The molecule has 0 unspecified atom stereocenters. The lowest BCUT2D eigenvalue weighted by atomic mass is 9.73. The number of nitrogens with zero attached hydrogens (tertiary/aromatic N) is 2. The first kappa shape index (κ1) is 28.9. The molecule has 3 heterocycles. The molecule has 9 heteroatoms. The Kier molecular flexibility index (Phi) is 7.24. The van der Waals surface area contributed by atoms with E-state index in [1.807, 2.05) is 63.1 Å². The van der Waals surface area contributed by atoms with E-state index >= 15 is 0 Å². The van der Waals surface area contributed by atoms with Crippen molar-refractivity contribution in [2.45, 2.75) is 58.0 Å². The van der Waals surface area contributed by atoms with Crippen molar-refractivity contribution >= 4 is 11.7 Å². The van der Waals surface area contributed by atoms with Crippen LogP contribution in [0.15, 0.2) is 36.4 Å². The number of Topliss-reactive ketones (excluding diaryl/α,β-unsaturated/α-hetero) is 1. The summed E-state index contributed by atoms with van der Waals surface area (Å²) in [4.78, 5) is 32.9. The highest BCUT2D eigenvalue weighted by Crippen LogP contribution is 2.56. The number of ketones is 1. The van der Waals surface area contributed by atoms with Crippen molar-refractivity contribution in [1.82, 2.24) is 9.80 Å². The van der Waals surface area contributed by atoms with Crippen LogP contribution in [0.2, 0.25) is 0 Å². The van der Waals surface area contributed by atoms with Gasteiger partial charge in [0.25, 0.3) is 0 Å². The molecule has 3 aromatic carbocycles. The maximum Gasteiger partial charge on any atom is 0.241 e. The molecule has 226 valence electrons. The Bertz CT molecular complexity index is 1620. The Labute approximate surface area is 252 Å². The van der Waals surface area contributed by atoms with Crippen molar-refractivity contribution in [3.8, 4) is 28.7 Å². The molecule has 43 heavy (non-hydrogen) atoms. The predicted octanol–water partition coefficient (Wildman–Crippen LogP) is 4.98.